The predicted octanol–water partition coefficient (Wildman–Crippen LogP) is 2.08. The molecule has 1 heterocycles. The number of nitrogens with one attached hydrogen (secondary N) is 1. The van der Waals surface area contributed by atoms with Crippen molar-refractivity contribution in [3.8, 4) is 0 Å². The van der Waals surface area contributed by atoms with Gasteiger partial charge in [0.05, 0.1) is 0 Å². The zero-order valence-corrected chi connectivity index (χ0v) is 9.76. The van der Waals surface area contributed by atoms with Crippen LogP contribution in [0.1, 0.15) is 12.5 Å². The second-order valence-electron chi connectivity index (χ2n) is 3.80. The number of aromatic nitrogens is 2. The summed E-state index contributed by atoms with van der Waals surface area (Å²) in [5.74, 6) is -0.0713. The molecular weight excluding hydrogens is 214 g/mol. The van der Waals surface area contributed by atoms with Crippen molar-refractivity contribution in [2.45, 2.75) is 19.9 Å². The first-order valence-electron chi connectivity index (χ1n) is 5.64. The number of hydrogen-bond acceptors (Lipinski definition) is 2. The summed E-state index contributed by atoms with van der Waals surface area (Å²) in [6, 6.07) is 9.66. The van der Waals surface area contributed by atoms with Gasteiger partial charge in [-0.1, -0.05) is 19.1 Å². The van der Waals surface area contributed by atoms with Crippen molar-refractivity contribution in [2.24, 2.45) is 0 Å². The first-order chi connectivity index (χ1) is 8.28. The molecule has 2 rings (SSSR count). The molecule has 1 N–H and O–H groups in total. The summed E-state index contributed by atoms with van der Waals surface area (Å²) >= 11 is 0. The summed E-state index contributed by atoms with van der Waals surface area (Å²) in [6.45, 7) is 2.34. The van der Waals surface area contributed by atoms with Gasteiger partial charge in [-0.3, -0.25) is 9.48 Å². The Morgan fingerprint density at radius 2 is 2.12 bits per heavy atom. The monoisotopic (exact) mass is 229 g/mol. The van der Waals surface area contributed by atoms with E-state index in [1.165, 1.54) is 5.56 Å². The van der Waals surface area contributed by atoms with Crippen LogP contribution in [-0.4, -0.2) is 15.7 Å². The van der Waals surface area contributed by atoms with Crippen LogP contribution in [0.25, 0.3) is 0 Å². The average Bonchev–Trinajstić information content (AvgIpc) is 2.82. The molecule has 0 aliphatic rings. The Kier molecular flexibility index (Phi) is 3.55. The summed E-state index contributed by atoms with van der Waals surface area (Å²) < 4.78 is 1.59. The lowest BCUT2D eigenvalue weighted by molar-refractivity contribution is -0.116. The zero-order valence-electron chi connectivity index (χ0n) is 9.76. The Balaban J connectivity index is 1.93. The summed E-state index contributed by atoms with van der Waals surface area (Å²) in [4.78, 5) is 11.7. The van der Waals surface area contributed by atoms with E-state index in [9.17, 15) is 4.79 Å². The summed E-state index contributed by atoms with van der Waals surface area (Å²) in [7, 11) is 0. The molecule has 4 nitrogen and oxygen atoms in total. The van der Waals surface area contributed by atoms with Gasteiger partial charge in [-0.05, 0) is 30.2 Å². The molecule has 4 heteroatoms. The van der Waals surface area contributed by atoms with Crippen LogP contribution < -0.4 is 5.32 Å². The summed E-state index contributed by atoms with van der Waals surface area (Å²) in [5, 5.41) is 6.81. The van der Waals surface area contributed by atoms with E-state index in [2.05, 4.69) is 17.3 Å². The highest BCUT2D eigenvalue weighted by Crippen LogP contribution is 2.09. The minimum atomic E-state index is -0.0713. The standard InChI is InChI=1S/C13H15N3O/c1-2-11-4-6-12(7-5-11)15-13(17)10-16-9-3-8-14-16/h3-9H,2,10H2,1H3,(H,15,17). The number of amides is 1. The Labute approximate surface area is 100 Å². The molecule has 0 aliphatic heterocycles. The molecule has 2 aromatic rings. The molecule has 0 fully saturated rings. The maximum Gasteiger partial charge on any atom is 0.246 e. The van der Waals surface area contributed by atoms with Crippen LogP contribution in [0.5, 0.6) is 0 Å². The van der Waals surface area contributed by atoms with E-state index in [-0.39, 0.29) is 12.5 Å². The fourth-order valence-corrected chi connectivity index (χ4v) is 1.57. The van der Waals surface area contributed by atoms with Gasteiger partial charge < -0.3 is 5.32 Å². The van der Waals surface area contributed by atoms with Gasteiger partial charge in [0.25, 0.3) is 0 Å². The van der Waals surface area contributed by atoms with E-state index in [1.54, 1.807) is 23.1 Å². The van der Waals surface area contributed by atoms with Crippen LogP contribution in [0.4, 0.5) is 5.69 Å². The normalized spacial score (nSPS) is 10.2. The van der Waals surface area contributed by atoms with E-state index in [1.807, 2.05) is 24.3 Å². The lowest BCUT2D eigenvalue weighted by Crippen LogP contribution is -2.18. The maximum atomic E-state index is 11.7. The molecule has 0 saturated carbocycles. The van der Waals surface area contributed by atoms with E-state index in [0.717, 1.165) is 12.1 Å². The molecular formula is C13H15N3O. The summed E-state index contributed by atoms with van der Waals surface area (Å²) in [5.41, 5.74) is 2.08. The smallest absolute Gasteiger partial charge is 0.246 e. The first kappa shape index (κ1) is 11.4. The number of anilines is 1. The average molecular weight is 229 g/mol. The number of rotatable bonds is 4. The molecule has 0 atom stereocenters. The molecule has 0 saturated heterocycles. The second-order valence-corrected chi connectivity index (χ2v) is 3.80. The molecule has 88 valence electrons. The van der Waals surface area contributed by atoms with Gasteiger partial charge in [-0.2, -0.15) is 5.10 Å². The molecule has 17 heavy (non-hydrogen) atoms. The van der Waals surface area contributed by atoms with E-state index in [0.29, 0.717) is 0 Å². The predicted molar refractivity (Wildman–Crippen MR) is 66.7 cm³/mol. The molecule has 1 aromatic carbocycles. The van der Waals surface area contributed by atoms with Crippen molar-refractivity contribution < 1.29 is 4.79 Å². The Morgan fingerprint density at radius 1 is 1.35 bits per heavy atom. The maximum absolute atomic E-state index is 11.7. The Morgan fingerprint density at radius 3 is 2.71 bits per heavy atom. The SMILES string of the molecule is CCc1ccc(NC(=O)Cn2cccn2)cc1. The van der Waals surface area contributed by atoms with E-state index >= 15 is 0 Å². The van der Waals surface area contributed by atoms with Crippen molar-refractivity contribution >= 4 is 11.6 Å². The molecule has 0 aliphatic carbocycles. The fraction of sp³-hybridized carbons (Fsp3) is 0.231. The molecule has 0 radical (unpaired) electrons. The third kappa shape index (κ3) is 3.17. The Bertz CT molecular complexity index is 474. The van der Waals surface area contributed by atoms with Crippen LogP contribution >= 0.6 is 0 Å². The molecule has 0 bridgehead atoms. The van der Waals surface area contributed by atoms with Crippen LogP contribution in [0.3, 0.4) is 0 Å². The summed E-state index contributed by atoms with van der Waals surface area (Å²) in [6.07, 6.45) is 4.42. The molecule has 0 spiro atoms. The number of aryl methyl sites for hydroxylation is 1. The third-order valence-electron chi connectivity index (χ3n) is 2.51. The van der Waals surface area contributed by atoms with Crippen molar-refractivity contribution in [1.29, 1.82) is 0 Å². The molecule has 0 unspecified atom stereocenters. The van der Waals surface area contributed by atoms with Crippen LogP contribution in [0.2, 0.25) is 0 Å². The third-order valence-corrected chi connectivity index (χ3v) is 2.51. The molecule has 1 aromatic heterocycles. The van der Waals surface area contributed by atoms with Crippen molar-refractivity contribution in [3.05, 3.63) is 48.3 Å². The highest BCUT2D eigenvalue weighted by atomic mass is 16.2. The lowest BCUT2D eigenvalue weighted by Gasteiger charge is -2.06. The van der Waals surface area contributed by atoms with Gasteiger partial charge >= 0.3 is 0 Å². The van der Waals surface area contributed by atoms with Gasteiger partial charge in [0.2, 0.25) is 5.91 Å². The number of benzene rings is 1. The number of carbonyl (C=O) groups is 1. The second kappa shape index (κ2) is 5.30. The van der Waals surface area contributed by atoms with Gasteiger partial charge in [-0.15, -0.1) is 0 Å². The van der Waals surface area contributed by atoms with Gasteiger partial charge in [0.1, 0.15) is 6.54 Å². The van der Waals surface area contributed by atoms with E-state index in [4.69, 9.17) is 0 Å². The largest absolute Gasteiger partial charge is 0.324 e. The zero-order chi connectivity index (χ0) is 12.1. The Hall–Kier alpha value is -2.10. The number of carbonyl (C=O) groups excluding carboxylic acids is 1. The van der Waals surface area contributed by atoms with Crippen molar-refractivity contribution in [3.63, 3.8) is 0 Å². The van der Waals surface area contributed by atoms with Crippen LogP contribution in [-0.2, 0) is 17.8 Å². The van der Waals surface area contributed by atoms with Crippen LogP contribution in [0.15, 0.2) is 42.7 Å². The van der Waals surface area contributed by atoms with Crippen molar-refractivity contribution in [1.82, 2.24) is 9.78 Å². The highest BCUT2D eigenvalue weighted by molar-refractivity contribution is 5.90. The highest BCUT2D eigenvalue weighted by Gasteiger charge is 2.03. The van der Waals surface area contributed by atoms with Crippen molar-refractivity contribution in [2.75, 3.05) is 5.32 Å². The minimum Gasteiger partial charge on any atom is -0.324 e. The van der Waals surface area contributed by atoms with Gasteiger partial charge in [0.15, 0.2) is 0 Å². The number of hydrogen-bond donors (Lipinski definition) is 1. The topological polar surface area (TPSA) is 46.9 Å². The minimum absolute atomic E-state index is 0.0713. The van der Waals surface area contributed by atoms with Crippen LogP contribution in [0, 0.1) is 0 Å². The number of nitrogens with zero attached hydrogens (tertiary/aromatic N) is 2. The van der Waals surface area contributed by atoms with Gasteiger partial charge in [0, 0.05) is 18.1 Å². The fourth-order valence-electron chi connectivity index (χ4n) is 1.57. The van der Waals surface area contributed by atoms with Gasteiger partial charge in [-0.25, -0.2) is 0 Å². The lowest BCUT2D eigenvalue weighted by atomic mass is 10.1. The molecule has 1 amide bonds. The quantitative estimate of drug-likeness (QED) is 0.872. The first-order valence-corrected chi connectivity index (χ1v) is 5.64. The van der Waals surface area contributed by atoms with E-state index < -0.39 is 0 Å².